The molecule has 1 aromatic rings. The second-order valence-corrected chi connectivity index (χ2v) is 3.78. The van der Waals surface area contributed by atoms with Gasteiger partial charge < -0.3 is 15.1 Å². The number of hydrogen-bond donors (Lipinski definition) is 2. The summed E-state index contributed by atoms with van der Waals surface area (Å²) in [5.41, 5.74) is 1.13. The summed E-state index contributed by atoms with van der Waals surface area (Å²) in [6, 6.07) is 4.89. The first-order valence-electron chi connectivity index (χ1n) is 5.40. The van der Waals surface area contributed by atoms with Crippen LogP contribution < -0.4 is 0 Å². The Labute approximate surface area is 101 Å². The maximum atomic E-state index is 12.1. The van der Waals surface area contributed by atoms with Crippen LogP contribution >= 0.6 is 0 Å². The number of phenols is 1. The summed E-state index contributed by atoms with van der Waals surface area (Å²) in [4.78, 5) is 13.5. The van der Waals surface area contributed by atoms with Crippen molar-refractivity contribution in [1.82, 2.24) is 4.90 Å². The van der Waals surface area contributed by atoms with E-state index in [0.29, 0.717) is 6.54 Å². The van der Waals surface area contributed by atoms with E-state index in [0.717, 1.165) is 5.56 Å². The van der Waals surface area contributed by atoms with Crippen molar-refractivity contribution >= 4 is 5.91 Å². The van der Waals surface area contributed by atoms with Crippen LogP contribution in [0.2, 0.25) is 0 Å². The molecule has 17 heavy (non-hydrogen) atoms. The molecular formula is C13H17NO3. The van der Waals surface area contributed by atoms with Crippen molar-refractivity contribution in [1.29, 1.82) is 0 Å². The molecular weight excluding hydrogens is 218 g/mol. The number of aliphatic hydroxyl groups excluding tert-OH is 1. The molecule has 0 aromatic heterocycles. The maximum Gasteiger partial charge on any atom is 0.257 e. The molecule has 4 heteroatoms. The van der Waals surface area contributed by atoms with E-state index in [1.165, 1.54) is 11.0 Å². The Kier molecular flexibility index (Phi) is 4.72. The molecule has 2 N–H and O–H groups in total. The van der Waals surface area contributed by atoms with Crippen LogP contribution in [0.4, 0.5) is 0 Å². The predicted molar refractivity (Wildman–Crippen MR) is 66.0 cm³/mol. The second-order valence-electron chi connectivity index (χ2n) is 3.78. The monoisotopic (exact) mass is 235 g/mol. The normalized spacial score (nSPS) is 10.0. The van der Waals surface area contributed by atoms with Gasteiger partial charge in [0, 0.05) is 13.1 Å². The van der Waals surface area contributed by atoms with Gasteiger partial charge in [-0.05, 0) is 24.6 Å². The van der Waals surface area contributed by atoms with Gasteiger partial charge in [0.25, 0.3) is 5.91 Å². The molecule has 0 bridgehead atoms. The van der Waals surface area contributed by atoms with Crippen LogP contribution in [0.1, 0.15) is 15.9 Å². The predicted octanol–water partition coefficient (Wildman–Crippen LogP) is 1.32. The topological polar surface area (TPSA) is 60.8 Å². The number of nitrogens with zero attached hydrogens (tertiary/aromatic N) is 1. The number of hydrogen-bond acceptors (Lipinski definition) is 3. The molecule has 0 fully saturated rings. The molecule has 0 spiro atoms. The van der Waals surface area contributed by atoms with Crippen molar-refractivity contribution < 1.29 is 15.0 Å². The SMILES string of the molecule is C=CCN(CCO)C(=O)c1ccc(C)cc1O. The number of carbonyl (C=O) groups is 1. The standard InChI is InChI=1S/C13H17NO3/c1-3-6-14(7-8-15)13(17)11-5-4-10(2)9-12(11)16/h3-5,9,15-16H,1,6-8H2,2H3. The highest BCUT2D eigenvalue weighted by atomic mass is 16.3. The number of aliphatic hydroxyl groups is 1. The third kappa shape index (κ3) is 3.32. The summed E-state index contributed by atoms with van der Waals surface area (Å²) in [5, 5.41) is 18.6. The molecule has 0 unspecified atom stereocenters. The van der Waals surface area contributed by atoms with Crippen molar-refractivity contribution in [2.45, 2.75) is 6.92 Å². The minimum absolute atomic E-state index is 0.0398. The number of benzene rings is 1. The molecule has 0 aliphatic carbocycles. The highest BCUT2D eigenvalue weighted by Gasteiger charge is 2.17. The van der Waals surface area contributed by atoms with E-state index in [2.05, 4.69) is 6.58 Å². The zero-order valence-corrected chi connectivity index (χ0v) is 9.89. The van der Waals surface area contributed by atoms with Gasteiger partial charge in [-0.3, -0.25) is 4.79 Å². The minimum atomic E-state index is -0.309. The second kappa shape index (κ2) is 6.06. The van der Waals surface area contributed by atoms with Gasteiger partial charge in [0.05, 0.1) is 12.2 Å². The fraction of sp³-hybridized carbons (Fsp3) is 0.308. The van der Waals surface area contributed by atoms with Gasteiger partial charge in [0.1, 0.15) is 5.75 Å². The molecule has 1 amide bonds. The Morgan fingerprint density at radius 3 is 2.76 bits per heavy atom. The Morgan fingerprint density at radius 2 is 2.24 bits per heavy atom. The van der Waals surface area contributed by atoms with E-state index in [-0.39, 0.29) is 30.4 Å². The first kappa shape index (κ1) is 13.3. The van der Waals surface area contributed by atoms with Crippen LogP contribution in [0, 0.1) is 6.92 Å². The Morgan fingerprint density at radius 1 is 1.53 bits per heavy atom. The van der Waals surface area contributed by atoms with Gasteiger partial charge in [-0.15, -0.1) is 6.58 Å². The first-order chi connectivity index (χ1) is 8.10. The minimum Gasteiger partial charge on any atom is -0.507 e. The van der Waals surface area contributed by atoms with Gasteiger partial charge >= 0.3 is 0 Å². The summed E-state index contributed by atoms with van der Waals surface area (Å²) in [7, 11) is 0. The summed E-state index contributed by atoms with van der Waals surface area (Å²) in [6.07, 6.45) is 1.58. The third-order valence-corrected chi connectivity index (χ3v) is 2.39. The van der Waals surface area contributed by atoms with E-state index in [4.69, 9.17) is 5.11 Å². The van der Waals surface area contributed by atoms with E-state index < -0.39 is 0 Å². The molecule has 4 nitrogen and oxygen atoms in total. The Bertz CT molecular complexity index is 415. The zero-order chi connectivity index (χ0) is 12.8. The Hall–Kier alpha value is -1.81. The number of phenolic OH excluding ortho intramolecular Hbond substituents is 1. The Balaban J connectivity index is 2.96. The summed E-state index contributed by atoms with van der Waals surface area (Å²) >= 11 is 0. The van der Waals surface area contributed by atoms with Gasteiger partial charge in [-0.1, -0.05) is 12.1 Å². The van der Waals surface area contributed by atoms with Crippen LogP contribution in [0.25, 0.3) is 0 Å². The first-order valence-corrected chi connectivity index (χ1v) is 5.40. The third-order valence-electron chi connectivity index (χ3n) is 2.39. The zero-order valence-electron chi connectivity index (χ0n) is 9.89. The van der Waals surface area contributed by atoms with Crippen LogP contribution in [0.5, 0.6) is 5.75 Å². The van der Waals surface area contributed by atoms with Crippen LogP contribution in [0.3, 0.4) is 0 Å². The lowest BCUT2D eigenvalue weighted by Crippen LogP contribution is -2.33. The van der Waals surface area contributed by atoms with E-state index in [9.17, 15) is 9.90 Å². The molecule has 0 aliphatic rings. The highest BCUT2D eigenvalue weighted by Crippen LogP contribution is 2.20. The lowest BCUT2D eigenvalue weighted by molar-refractivity contribution is 0.0740. The van der Waals surface area contributed by atoms with Crippen LogP contribution in [-0.4, -0.2) is 40.7 Å². The maximum absolute atomic E-state index is 12.1. The summed E-state index contributed by atoms with van der Waals surface area (Å²) in [6.45, 7) is 5.84. The number of carbonyl (C=O) groups excluding carboxylic acids is 1. The van der Waals surface area contributed by atoms with Crippen molar-refractivity contribution in [3.05, 3.63) is 42.0 Å². The lowest BCUT2D eigenvalue weighted by Gasteiger charge is -2.20. The van der Waals surface area contributed by atoms with E-state index in [1.807, 2.05) is 6.92 Å². The molecule has 0 radical (unpaired) electrons. The average Bonchev–Trinajstić information content (AvgIpc) is 2.28. The lowest BCUT2D eigenvalue weighted by atomic mass is 10.1. The largest absolute Gasteiger partial charge is 0.507 e. The van der Waals surface area contributed by atoms with Crippen LogP contribution in [-0.2, 0) is 0 Å². The van der Waals surface area contributed by atoms with Crippen molar-refractivity contribution in [2.75, 3.05) is 19.7 Å². The van der Waals surface area contributed by atoms with Crippen molar-refractivity contribution in [3.63, 3.8) is 0 Å². The average molecular weight is 235 g/mol. The number of aryl methyl sites for hydroxylation is 1. The van der Waals surface area contributed by atoms with Gasteiger partial charge in [-0.2, -0.15) is 0 Å². The molecule has 0 saturated heterocycles. The number of aromatic hydroxyl groups is 1. The highest BCUT2D eigenvalue weighted by molar-refractivity contribution is 5.97. The van der Waals surface area contributed by atoms with Gasteiger partial charge in [-0.25, -0.2) is 0 Å². The van der Waals surface area contributed by atoms with Gasteiger partial charge in [0.2, 0.25) is 0 Å². The van der Waals surface area contributed by atoms with Crippen molar-refractivity contribution in [3.8, 4) is 5.75 Å². The molecule has 0 heterocycles. The summed E-state index contributed by atoms with van der Waals surface area (Å²) in [5.74, 6) is -0.349. The molecule has 1 aromatic carbocycles. The van der Waals surface area contributed by atoms with E-state index >= 15 is 0 Å². The fourth-order valence-electron chi connectivity index (χ4n) is 1.55. The number of rotatable bonds is 5. The van der Waals surface area contributed by atoms with Crippen LogP contribution in [0.15, 0.2) is 30.9 Å². The molecule has 1 rings (SSSR count). The number of amides is 1. The molecule has 92 valence electrons. The fourth-order valence-corrected chi connectivity index (χ4v) is 1.55. The van der Waals surface area contributed by atoms with Crippen molar-refractivity contribution in [2.24, 2.45) is 0 Å². The smallest absolute Gasteiger partial charge is 0.257 e. The summed E-state index contributed by atoms with van der Waals surface area (Å²) < 4.78 is 0. The molecule has 0 saturated carbocycles. The molecule has 0 aliphatic heterocycles. The quantitative estimate of drug-likeness (QED) is 0.757. The molecule has 0 atom stereocenters. The van der Waals surface area contributed by atoms with Gasteiger partial charge in [0.15, 0.2) is 0 Å². The van der Waals surface area contributed by atoms with E-state index in [1.54, 1.807) is 18.2 Å².